The van der Waals surface area contributed by atoms with E-state index in [0.717, 1.165) is 16.7 Å². The van der Waals surface area contributed by atoms with Crippen molar-refractivity contribution in [2.75, 3.05) is 5.32 Å². The quantitative estimate of drug-likeness (QED) is 0.564. The van der Waals surface area contributed by atoms with Crippen LogP contribution in [0, 0.1) is 23.4 Å². The third kappa shape index (κ3) is 3.36. The zero-order valence-electron chi connectivity index (χ0n) is 12.7. The number of hydrogen-bond acceptors (Lipinski definition) is 4. The average molecular weight is 337 g/mol. The number of anilines is 1. The molecule has 0 spiro atoms. The van der Waals surface area contributed by atoms with Gasteiger partial charge in [-0.1, -0.05) is 0 Å². The van der Waals surface area contributed by atoms with Gasteiger partial charge in [-0.25, -0.2) is 4.39 Å². The third-order valence-electron chi connectivity index (χ3n) is 3.42. The summed E-state index contributed by atoms with van der Waals surface area (Å²) in [5.41, 5.74) is 2.22. The average Bonchev–Trinajstić information content (AvgIpc) is 2.56. The number of benzene rings is 2. The molecule has 0 radical (unpaired) electrons. The van der Waals surface area contributed by atoms with Crippen LogP contribution in [0.25, 0.3) is 10.9 Å². The van der Waals surface area contributed by atoms with Crippen LogP contribution in [0.15, 0.2) is 53.4 Å². The summed E-state index contributed by atoms with van der Waals surface area (Å²) in [6.45, 7) is 1.79. The Labute approximate surface area is 142 Å². The van der Waals surface area contributed by atoms with Gasteiger partial charge in [0.05, 0.1) is 11.1 Å². The molecule has 3 rings (SSSR count). The van der Waals surface area contributed by atoms with E-state index in [2.05, 4.69) is 10.3 Å². The Morgan fingerprint density at radius 3 is 2.67 bits per heavy atom. The number of fused-ring (bicyclic) bond motifs is 1. The van der Waals surface area contributed by atoms with E-state index < -0.39 is 5.82 Å². The van der Waals surface area contributed by atoms with Gasteiger partial charge in [0.15, 0.2) is 0 Å². The highest BCUT2D eigenvalue weighted by molar-refractivity contribution is 8.03. The van der Waals surface area contributed by atoms with Crippen molar-refractivity contribution in [1.82, 2.24) is 4.98 Å². The number of aromatic nitrogens is 1. The van der Waals surface area contributed by atoms with Crippen molar-refractivity contribution in [3.8, 4) is 5.40 Å². The van der Waals surface area contributed by atoms with Crippen LogP contribution in [0.2, 0.25) is 0 Å². The van der Waals surface area contributed by atoms with Gasteiger partial charge in [-0.15, -0.1) is 0 Å². The molecule has 0 atom stereocenters. The summed E-state index contributed by atoms with van der Waals surface area (Å²) in [7, 11) is 0. The molecular formula is C18H12FN3OS. The first-order chi connectivity index (χ1) is 11.6. The Hall–Kier alpha value is -2.91. The Bertz CT molecular complexity index is 964. The van der Waals surface area contributed by atoms with E-state index in [1.807, 2.05) is 5.40 Å². The van der Waals surface area contributed by atoms with Crippen LogP contribution in [0.5, 0.6) is 0 Å². The predicted molar refractivity (Wildman–Crippen MR) is 92.3 cm³/mol. The molecule has 0 aliphatic rings. The number of rotatable bonds is 3. The van der Waals surface area contributed by atoms with Crippen LogP contribution in [-0.2, 0) is 0 Å². The molecule has 0 bridgehead atoms. The first-order valence-electron chi connectivity index (χ1n) is 7.11. The molecule has 1 aromatic heterocycles. The molecule has 1 amide bonds. The summed E-state index contributed by atoms with van der Waals surface area (Å²) >= 11 is 1.05. The van der Waals surface area contributed by atoms with Crippen LogP contribution in [0.3, 0.4) is 0 Å². The molecule has 2 aromatic carbocycles. The number of nitrogens with one attached hydrogen (secondary N) is 1. The topological polar surface area (TPSA) is 65.8 Å². The van der Waals surface area contributed by atoms with Crippen molar-refractivity contribution in [2.45, 2.75) is 11.8 Å². The molecule has 4 nitrogen and oxygen atoms in total. The summed E-state index contributed by atoms with van der Waals surface area (Å²) in [5, 5.41) is 13.9. The molecule has 0 unspecified atom stereocenters. The van der Waals surface area contributed by atoms with E-state index in [-0.39, 0.29) is 5.91 Å². The second-order valence-corrected chi connectivity index (χ2v) is 6.00. The number of amides is 1. The SMILES string of the molecule is Cc1cc(C(=O)Nc2ccc(SC#N)cc2)c2cc(F)ccc2n1. The first-order valence-corrected chi connectivity index (χ1v) is 7.93. The molecule has 24 heavy (non-hydrogen) atoms. The van der Waals surface area contributed by atoms with Crippen molar-refractivity contribution in [3.05, 3.63) is 65.6 Å². The van der Waals surface area contributed by atoms with Crippen LogP contribution in [-0.4, -0.2) is 10.9 Å². The maximum absolute atomic E-state index is 13.5. The number of carbonyl (C=O) groups is 1. The van der Waals surface area contributed by atoms with E-state index >= 15 is 0 Å². The second-order valence-electron chi connectivity index (χ2n) is 5.14. The molecular weight excluding hydrogens is 325 g/mol. The fourth-order valence-corrected chi connectivity index (χ4v) is 2.75. The van der Waals surface area contributed by atoms with Gasteiger partial charge in [-0.3, -0.25) is 9.78 Å². The van der Waals surface area contributed by atoms with Crippen molar-refractivity contribution < 1.29 is 9.18 Å². The minimum atomic E-state index is -0.417. The standard InChI is InChI=1S/C18H12FN3OS/c1-11-8-16(15-9-12(19)2-7-17(15)21-11)18(23)22-13-3-5-14(6-4-13)24-10-20/h2-9H,1H3,(H,22,23). The highest BCUT2D eigenvalue weighted by Gasteiger charge is 2.13. The van der Waals surface area contributed by atoms with Crippen molar-refractivity contribution >= 4 is 34.3 Å². The monoisotopic (exact) mass is 337 g/mol. The Morgan fingerprint density at radius 2 is 1.96 bits per heavy atom. The van der Waals surface area contributed by atoms with Gasteiger partial charge in [0.2, 0.25) is 0 Å². The lowest BCUT2D eigenvalue weighted by molar-refractivity contribution is 0.102. The zero-order valence-corrected chi connectivity index (χ0v) is 13.5. The summed E-state index contributed by atoms with van der Waals surface area (Å²) in [5.74, 6) is -0.753. The number of aryl methyl sites for hydroxylation is 1. The van der Waals surface area contributed by atoms with E-state index in [9.17, 15) is 9.18 Å². The Kier molecular flexibility index (Phi) is 4.45. The molecule has 0 saturated carbocycles. The number of nitriles is 1. The molecule has 1 heterocycles. The normalized spacial score (nSPS) is 10.4. The van der Waals surface area contributed by atoms with Crippen LogP contribution < -0.4 is 5.32 Å². The van der Waals surface area contributed by atoms with Gasteiger partial charge >= 0.3 is 0 Å². The van der Waals surface area contributed by atoms with E-state index in [0.29, 0.717) is 27.8 Å². The molecule has 6 heteroatoms. The largest absolute Gasteiger partial charge is 0.322 e. The minimum absolute atomic E-state index is 0.336. The number of nitrogens with zero attached hydrogens (tertiary/aromatic N) is 2. The van der Waals surface area contributed by atoms with Gasteiger partial charge < -0.3 is 5.32 Å². The number of pyridine rings is 1. The highest BCUT2D eigenvalue weighted by atomic mass is 32.2. The van der Waals surface area contributed by atoms with Crippen LogP contribution in [0.4, 0.5) is 10.1 Å². The molecule has 0 aliphatic carbocycles. The molecule has 0 saturated heterocycles. The first kappa shape index (κ1) is 16.0. The number of carbonyl (C=O) groups excluding carboxylic acids is 1. The lowest BCUT2D eigenvalue weighted by atomic mass is 10.1. The van der Waals surface area contributed by atoms with Gasteiger partial charge in [0, 0.05) is 21.7 Å². The summed E-state index contributed by atoms with van der Waals surface area (Å²) < 4.78 is 13.5. The van der Waals surface area contributed by atoms with Gasteiger partial charge in [-0.2, -0.15) is 5.26 Å². The maximum atomic E-state index is 13.5. The Balaban J connectivity index is 1.93. The van der Waals surface area contributed by atoms with E-state index in [4.69, 9.17) is 5.26 Å². The minimum Gasteiger partial charge on any atom is -0.322 e. The zero-order chi connectivity index (χ0) is 17.1. The molecule has 1 N–H and O–H groups in total. The molecule has 0 aliphatic heterocycles. The second kappa shape index (κ2) is 6.69. The third-order valence-corrected chi connectivity index (χ3v) is 4.02. The van der Waals surface area contributed by atoms with E-state index in [1.54, 1.807) is 43.3 Å². The van der Waals surface area contributed by atoms with Crippen LogP contribution >= 0.6 is 11.8 Å². The summed E-state index contributed by atoms with van der Waals surface area (Å²) in [6, 6.07) is 12.8. The van der Waals surface area contributed by atoms with Crippen molar-refractivity contribution in [1.29, 1.82) is 5.26 Å². The van der Waals surface area contributed by atoms with Gasteiger partial charge in [0.25, 0.3) is 5.91 Å². The summed E-state index contributed by atoms with van der Waals surface area (Å²) in [4.78, 5) is 17.7. The lowest BCUT2D eigenvalue weighted by Crippen LogP contribution is -2.13. The summed E-state index contributed by atoms with van der Waals surface area (Å²) in [6.07, 6.45) is 0. The smallest absolute Gasteiger partial charge is 0.256 e. The number of thiocyanates is 1. The predicted octanol–water partition coefficient (Wildman–Crippen LogP) is 4.51. The molecule has 3 aromatic rings. The fraction of sp³-hybridized carbons (Fsp3) is 0.0556. The van der Waals surface area contributed by atoms with Crippen molar-refractivity contribution in [3.63, 3.8) is 0 Å². The maximum Gasteiger partial charge on any atom is 0.256 e. The van der Waals surface area contributed by atoms with Crippen molar-refractivity contribution in [2.24, 2.45) is 0 Å². The fourth-order valence-electron chi connectivity index (χ4n) is 2.38. The Morgan fingerprint density at radius 1 is 1.21 bits per heavy atom. The number of thioether (sulfide) groups is 1. The lowest BCUT2D eigenvalue weighted by Gasteiger charge is -2.09. The number of hydrogen-bond donors (Lipinski definition) is 1. The van der Waals surface area contributed by atoms with E-state index in [1.165, 1.54) is 12.1 Å². The van der Waals surface area contributed by atoms with Gasteiger partial charge in [-0.05, 0) is 67.2 Å². The number of halogens is 1. The highest BCUT2D eigenvalue weighted by Crippen LogP contribution is 2.22. The molecule has 118 valence electrons. The van der Waals surface area contributed by atoms with Crippen LogP contribution in [0.1, 0.15) is 16.1 Å². The van der Waals surface area contributed by atoms with Gasteiger partial charge in [0.1, 0.15) is 11.2 Å². The molecule has 0 fully saturated rings.